The maximum atomic E-state index is 12.3. The number of hydrogen-bond acceptors (Lipinski definition) is 4. The fourth-order valence-electron chi connectivity index (χ4n) is 2.67. The lowest BCUT2D eigenvalue weighted by molar-refractivity contribution is 0.0955. The van der Waals surface area contributed by atoms with Gasteiger partial charge in [0.05, 0.1) is 12.3 Å². The molecule has 0 heterocycles. The number of ether oxygens (including phenoxy) is 2. The maximum absolute atomic E-state index is 12.3. The van der Waals surface area contributed by atoms with Crippen LogP contribution in [0.1, 0.15) is 35.3 Å². The van der Waals surface area contributed by atoms with Gasteiger partial charge in [-0.2, -0.15) is 5.10 Å². The summed E-state index contributed by atoms with van der Waals surface area (Å²) in [6.07, 6.45) is 0. The largest absolute Gasteiger partial charge is 0.494 e. The van der Waals surface area contributed by atoms with Crippen LogP contribution in [0.15, 0.2) is 77.9 Å². The van der Waals surface area contributed by atoms with Gasteiger partial charge in [0.25, 0.3) is 5.91 Å². The second kappa shape index (κ2) is 10.5. The molecule has 0 bridgehead atoms. The maximum Gasteiger partial charge on any atom is 0.271 e. The van der Waals surface area contributed by atoms with Crippen molar-refractivity contribution in [2.45, 2.75) is 20.5 Å². The highest BCUT2D eigenvalue weighted by Crippen LogP contribution is 2.19. The van der Waals surface area contributed by atoms with E-state index in [1.165, 1.54) is 0 Å². The third-order valence-electron chi connectivity index (χ3n) is 4.34. The van der Waals surface area contributed by atoms with E-state index in [2.05, 4.69) is 10.5 Å². The Hall–Kier alpha value is -3.31. The molecule has 30 heavy (non-hydrogen) atoms. The van der Waals surface area contributed by atoms with E-state index in [1.54, 1.807) is 24.3 Å². The summed E-state index contributed by atoms with van der Waals surface area (Å²) in [4.78, 5) is 12.3. The number of carbonyl (C=O) groups excluding carboxylic acids is 1. The summed E-state index contributed by atoms with van der Waals surface area (Å²) in [6, 6.07) is 22.0. The van der Waals surface area contributed by atoms with Crippen LogP contribution in [0.4, 0.5) is 0 Å². The molecule has 3 aromatic rings. The van der Waals surface area contributed by atoms with Crippen molar-refractivity contribution in [3.63, 3.8) is 0 Å². The number of benzene rings is 3. The molecule has 1 amide bonds. The van der Waals surface area contributed by atoms with Gasteiger partial charge in [0.1, 0.15) is 18.1 Å². The second-order valence-corrected chi connectivity index (χ2v) is 6.97. The molecule has 0 aliphatic carbocycles. The van der Waals surface area contributed by atoms with E-state index in [0.29, 0.717) is 29.5 Å². The molecule has 0 atom stereocenters. The van der Waals surface area contributed by atoms with Crippen LogP contribution in [-0.4, -0.2) is 18.2 Å². The van der Waals surface area contributed by atoms with Gasteiger partial charge in [-0.15, -0.1) is 0 Å². The predicted octanol–water partition coefficient (Wildman–Crippen LogP) is 5.47. The van der Waals surface area contributed by atoms with Crippen LogP contribution in [0.25, 0.3) is 0 Å². The van der Waals surface area contributed by atoms with Crippen molar-refractivity contribution in [2.24, 2.45) is 5.10 Å². The molecule has 0 spiro atoms. The van der Waals surface area contributed by atoms with Gasteiger partial charge < -0.3 is 9.47 Å². The van der Waals surface area contributed by atoms with Crippen LogP contribution >= 0.6 is 11.6 Å². The Morgan fingerprint density at radius 3 is 2.03 bits per heavy atom. The molecule has 6 heteroatoms. The van der Waals surface area contributed by atoms with E-state index >= 15 is 0 Å². The third kappa shape index (κ3) is 6.09. The summed E-state index contributed by atoms with van der Waals surface area (Å²) in [7, 11) is 0. The van der Waals surface area contributed by atoms with Crippen molar-refractivity contribution >= 4 is 23.2 Å². The van der Waals surface area contributed by atoms with Gasteiger partial charge in [-0.05, 0) is 73.5 Å². The van der Waals surface area contributed by atoms with Crippen molar-refractivity contribution in [2.75, 3.05) is 6.61 Å². The highest BCUT2D eigenvalue weighted by molar-refractivity contribution is 6.30. The van der Waals surface area contributed by atoms with Gasteiger partial charge in [-0.25, -0.2) is 5.43 Å². The number of carbonyl (C=O) groups is 1. The van der Waals surface area contributed by atoms with Crippen molar-refractivity contribution in [1.29, 1.82) is 0 Å². The van der Waals surface area contributed by atoms with E-state index in [1.807, 2.05) is 62.4 Å². The molecular weight excluding hydrogens is 400 g/mol. The Kier molecular flexibility index (Phi) is 7.46. The minimum atomic E-state index is -0.276. The van der Waals surface area contributed by atoms with Crippen molar-refractivity contribution in [3.8, 4) is 11.5 Å². The van der Waals surface area contributed by atoms with Crippen LogP contribution in [0.2, 0.25) is 5.02 Å². The number of nitrogens with one attached hydrogen (secondary N) is 1. The van der Waals surface area contributed by atoms with Crippen molar-refractivity contribution in [3.05, 3.63) is 94.5 Å². The minimum Gasteiger partial charge on any atom is -0.494 e. The molecule has 5 nitrogen and oxygen atoms in total. The molecule has 0 fully saturated rings. The summed E-state index contributed by atoms with van der Waals surface area (Å²) >= 11 is 5.89. The number of hydrazone groups is 1. The molecule has 0 radical (unpaired) electrons. The predicted molar refractivity (Wildman–Crippen MR) is 120 cm³/mol. The Labute approximate surface area is 181 Å². The number of halogens is 1. The van der Waals surface area contributed by atoms with E-state index in [-0.39, 0.29) is 5.91 Å². The standard InChI is InChI=1S/C24H23ClN2O3/c1-3-29-22-12-14-23(15-13-22)30-16-18-4-6-20(7-5-18)24(28)27-26-17(2)19-8-10-21(25)11-9-19/h4-15H,3,16H2,1-2H3,(H,27,28)/b26-17+. The molecular formula is C24H23ClN2O3. The zero-order chi connectivity index (χ0) is 21.3. The Morgan fingerprint density at radius 2 is 1.43 bits per heavy atom. The third-order valence-corrected chi connectivity index (χ3v) is 4.60. The van der Waals surface area contributed by atoms with E-state index in [4.69, 9.17) is 21.1 Å². The Balaban J connectivity index is 1.53. The van der Waals surface area contributed by atoms with E-state index in [0.717, 1.165) is 22.6 Å². The molecule has 0 aromatic heterocycles. The lowest BCUT2D eigenvalue weighted by Crippen LogP contribution is -2.19. The van der Waals surface area contributed by atoms with Gasteiger partial charge in [0, 0.05) is 10.6 Å². The quantitative estimate of drug-likeness (QED) is 0.386. The number of amides is 1. The molecule has 0 saturated carbocycles. The first kappa shape index (κ1) is 21.4. The topological polar surface area (TPSA) is 59.9 Å². The molecule has 0 aliphatic rings. The molecule has 0 aliphatic heterocycles. The summed E-state index contributed by atoms with van der Waals surface area (Å²) in [5.41, 5.74) is 5.64. The summed E-state index contributed by atoms with van der Waals surface area (Å²) < 4.78 is 11.2. The number of hydrogen-bond donors (Lipinski definition) is 1. The van der Waals surface area contributed by atoms with E-state index < -0.39 is 0 Å². The van der Waals surface area contributed by atoms with Crippen LogP contribution in [0.3, 0.4) is 0 Å². The van der Waals surface area contributed by atoms with Gasteiger partial charge >= 0.3 is 0 Å². The monoisotopic (exact) mass is 422 g/mol. The summed E-state index contributed by atoms with van der Waals surface area (Å²) in [5.74, 6) is 1.30. The molecule has 0 saturated heterocycles. The smallest absolute Gasteiger partial charge is 0.271 e. The van der Waals surface area contributed by atoms with Crippen molar-refractivity contribution < 1.29 is 14.3 Å². The second-order valence-electron chi connectivity index (χ2n) is 6.54. The highest BCUT2D eigenvalue weighted by Gasteiger charge is 2.06. The van der Waals surface area contributed by atoms with Crippen LogP contribution in [0, 0.1) is 0 Å². The lowest BCUT2D eigenvalue weighted by Gasteiger charge is -2.08. The SMILES string of the molecule is CCOc1ccc(OCc2ccc(C(=O)N/N=C(\C)c3ccc(Cl)cc3)cc2)cc1. The molecule has 3 rings (SSSR count). The number of nitrogens with zero attached hydrogens (tertiary/aromatic N) is 1. The first-order valence-electron chi connectivity index (χ1n) is 9.60. The summed E-state index contributed by atoms with van der Waals surface area (Å²) in [5, 5.41) is 4.81. The zero-order valence-electron chi connectivity index (χ0n) is 16.9. The molecule has 0 unspecified atom stereocenters. The average molecular weight is 423 g/mol. The zero-order valence-corrected chi connectivity index (χ0v) is 17.6. The molecule has 154 valence electrons. The summed E-state index contributed by atoms with van der Waals surface area (Å²) in [6.45, 7) is 4.81. The number of rotatable bonds is 8. The van der Waals surface area contributed by atoms with Gasteiger partial charge in [0.2, 0.25) is 0 Å². The normalized spacial score (nSPS) is 11.1. The average Bonchev–Trinajstić information content (AvgIpc) is 2.78. The first-order valence-corrected chi connectivity index (χ1v) is 9.98. The minimum absolute atomic E-state index is 0.276. The van der Waals surface area contributed by atoms with Gasteiger partial charge in [-0.3, -0.25) is 4.79 Å². The van der Waals surface area contributed by atoms with Crippen LogP contribution < -0.4 is 14.9 Å². The molecule has 3 aromatic carbocycles. The van der Waals surface area contributed by atoms with Crippen molar-refractivity contribution in [1.82, 2.24) is 5.43 Å². The van der Waals surface area contributed by atoms with Gasteiger partial charge in [-0.1, -0.05) is 35.9 Å². The fourth-order valence-corrected chi connectivity index (χ4v) is 2.80. The van der Waals surface area contributed by atoms with Crippen LogP contribution in [0.5, 0.6) is 11.5 Å². The van der Waals surface area contributed by atoms with E-state index in [9.17, 15) is 4.79 Å². The lowest BCUT2D eigenvalue weighted by atomic mass is 10.1. The fraction of sp³-hybridized carbons (Fsp3) is 0.167. The first-order chi connectivity index (χ1) is 14.5. The van der Waals surface area contributed by atoms with Gasteiger partial charge in [0.15, 0.2) is 0 Å². The molecule has 1 N–H and O–H groups in total. The Bertz CT molecular complexity index is 998. The Morgan fingerprint density at radius 1 is 0.867 bits per heavy atom. The van der Waals surface area contributed by atoms with Crippen LogP contribution in [-0.2, 0) is 6.61 Å². The highest BCUT2D eigenvalue weighted by atomic mass is 35.5.